The van der Waals surface area contributed by atoms with Gasteiger partial charge in [-0.25, -0.2) is 8.78 Å². The first-order valence-electron chi connectivity index (χ1n) is 6.09. The van der Waals surface area contributed by atoms with Crippen LogP contribution >= 0.6 is 0 Å². The molecule has 17 heavy (non-hydrogen) atoms. The van der Waals surface area contributed by atoms with Crippen molar-refractivity contribution in [2.45, 2.75) is 25.8 Å². The van der Waals surface area contributed by atoms with E-state index in [1.165, 1.54) is 12.1 Å². The van der Waals surface area contributed by atoms with E-state index in [0.29, 0.717) is 11.7 Å². The minimum Gasteiger partial charge on any atom is -0.371 e. The molecule has 1 aromatic rings. The average molecular weight is 240 g/mol. The summed E-state index contributed by atoms with van der Waals surface area (Å²) in [6.07, 6.45) is 1.97. The number of hydrogen-bond acceptors (Lipinski definition) is 2. The molecule has 1 atom stereocenters. The van der Waals surface area contributed by atoms with Crippen LogP contribution in [0.25, 0.3) is 0 Å². The summed E-state index contributed by atoms with van der Waals surface area (Å²) >= 11 is 0. The van der Waals surface area contributed by atoms with Crippen LogP contribution in [-0.2, 0) is 0 Å². The lowest BCUT2D eigenvalue weighted by Crippen LogP contribution is -2.38. The summed E-state index contributed by atoms with van der Waals surface area (Å²) in [7, 11) is 0. The zero-order valence-corrected chi connectivity index (χ0v) is 10.0. The molecule has 0 aromatic heterocycles. The van der Waals surface area contributed by atoms with Crippen molar-refractivity contribution in [3.63, 3.8) is 0 Å². The number of rotatable bonds is 1. The molecule has 0 bridgehead atoms. The Labute approximate surface area is 101 Å². The van der Waals surface area contributed by atoms with Crippen LogP contribution in [0.3, 0.4) is 0 Å². The van der Waals surface area contributed by atoms with Crippen LogP contribution in [0.5, 0.6) is 0 Å². The zero-order chi connectivity index (χ0) is 12.3. The van der Waals surface area contributed by atoms with E-state index in [9.17, 15) is 8.78 Å². The fourth-order valence-electron chi connectivity index (χ4n) is 2.16. The highest BCUT2D eigenvalue weighted by atomic mass is 19.1. The van der Waals surface area contributed by atoms with E-state index in [1.807, 2.05) is 0 Å². The van der Waals surface area contributed by atoms with Crippen LogP contribution in [0.2, 0.25) is 0 Å². The Kier molecular flexibility index (Phi) is 3.94. The Bertz CT molecular complexity index is 361. The van der Waals surface area contributed by atoms with Crippen LogP contribution in [0.15, 0.2) is 18.2 Å². The monoisotopic (exact) mass is 240 g/mol. The molecule has 94 valence electrons. The van der Waals surface area contributed by atoms with Crippen LogP contribution < -0.4 is 10.2 Å². The molecule has 4 heteroatoms. The molecule has 1 unspecified atom stereocenters. The highest BCUT2D eigenvalue weighted by molar-refractivity contribution is 5.46. The van der Waals surface area contributed by atoms with E-state index in [2.05, 4.69) is 17.1 Å². The molecule has 0 radical (unpaired) electrons. The summed E-state index contributed by atoms with van der Waals surface area (Å²) < 4.78 is 26.3. The number of nitrogens with zero attached hydrogens (tertiary/aromatic N) is 1. The Morgan fingerprint density at radius 3 is 2.59 bits per heavy atom. The number of nitrogens with one attached hydrogen (secondary N) is 1. The molecule has 1 aliphatic heterocycles. The Balaban J connectivity index is 2.13. The first kappa shape index (κ1) is 12.3. The molecule has 0 saturated carbocycles. The predicted octanol–water partition coefficient (Wildman–Crippen LogP) is 2.54. The number of halogens is 2. The summed E-state index contributed by atoms with van der Waals surface area (Å²) in [6, 6.07) is 4.18. The van der Waals surface area contributed by atoms with Crippen molar-refractivity contribution in [1.82, 2.24) is 5.32 Å². The van der Waals surface area contributed by atoms with Crippen molar-refractivity contribution in [1.29, 1.82) is 0 Å². The van der Waals surface area contributed by atoms with Gasteiger partial charge in [-0.1, -0.05) is 0 Å². The lowest BCUT2D eigenvalue weighted by atomic mass is 10.1. The van der Waals surface area contributed by atoms with Crippen molar-refractivity contribution >= 4 is 5.69 Å². The molecular weight excluding hydrogens is 222 g/mol. The lowest BCUT2D eigenvalue weighted by molar-refractivity contribution is 0.474. The molecule has 1 fully saturated rings. The molecule has 1 N–H and O–H groups in total. The molecule has 0 amide bonds. The third-order valence-corrected chi connectivity index (χ3v) is 3.14. The minimum absolute atomic E-state index is 0.455. The molecule has 0 aliphatic carbocycles. The van der Waals surface area contributed by atoms with Gasteiger partial charge in [-0.2, -0.15) is 0 Å². The van der Waals surface area contributed by atoms with Crippen LogP contribution in [0.1, 0.15) is 19.8 Å². The summed E-state index contributed by atoms with van der Waals surface area (Å²) in [5.41, 5.74) is 0.650. The second kappa shape index (κ2) is 5.45. The lowest BCUT2D eigenvalue weighted by Gasteiger charge is -2.29. The molecule has 1 aromatic carbocycles. The third-order valence-electron chi connectivity index (χ3n) is 3.14. The first-order chi connectivity index (χ1) is 8.15. The molecule has 1 saturated heterocycles. The predicted molar refractivity (Wildman–Crippen MR) is 65.3 cm³/mol. The van der Waals surface area contributed by atoms with Gasteiger partial charge < -0.3 is 10.2 Å². The summed E-state index contributed by atoms with van der Waals surface area (Å²) in [5.74, 6) is -1.01. The minimum atomic E-state index is -0.506. The fourth-order valence-corrected chi connectivity index (χ4v) is 2.16. The maximum absolute atomic E-state index is 13.2. The topological polar surface area (TPSA) is 15.3 Å². The van der Waals surface area contributed by atoms with Gasteiger partial charge in [-0.15, -0.1) is 0 Å². The van der Waals surface area contributed by atoms with Gasteiger partial charge in [0, 0.05) is 30.9 Å². The van der Waals surface area contributed by atoms with E-state index in [4.69, 9.17) is 0 Å². The van der Waals surface area contributed by atoms with Gasteiger partial charge in [0.25, 0.3) is 0 Å². The van der Waals surface area contributed by atoms with Gasteiger partial charge in [0.05, 0.1) is 0 Å². The Morgan fingerprint density at radius 1 is 1.18 bits per heavy atom. The van der Waals surface area contributed by atoms with E-state index >= 15 is 0 Å². The highest BCUT2D eigenvalue weighted by Gasteiger charge is 2.13. The number of benzene rings is 1. The fraction of sp³-hybridized carbons (Fsp3) is 0.538. The maximum Gasteiger partial charge on any atom is 0.128 e. The third kappa shape index (κ3) is 3.40. The van der Waals surface area contributed by atoms with Crippen LogP contribution in [0.4, 0.5) is 14.5 Å². The molecule has 0 spiro atoms. The Morgan fingerprint density at radius 2 is 1.88 bits per heavy atom. The maximum atomic E-state index is 13.2. The smallest absolute Gasteiger partial charge is 0.128 e. The van der Waals surface area contributed by atoms with E-state index in [-0.39, 0.29) is 0 Å². The van der Waals surface area contributed by atoms with Crippen molar-refractivity contribution in [2.24, 2.45) is 0 Å². The molecule has 1 heterocycles. The number of hydrogen-bond donors (Lipinski definition) is 1. The van der Waals surface area contributed by atoms with Gasteiger partial charge in [0.1, 0.15) is 11.6 Å². The van der Waals surface area contributed by atoms with Gasteiger partial charge in [-0.05, 0) is 38.4 Å². The van der Waals surface area contributed by atoms with Crippen molar-refractivity contribution in [3.8, 4) is 0 Å². The van der Waals surface area contributed by atoms with Gasteiger partial charge in [-0.3, -0.25) is 0 Å². The van der Waals surface area contributed by atoms with Gasteiger partial charge in [0.15, 0.2) is 0 Å². The number of anilines is 1. The molecular formula is C13H18F2N2. The van der Waals surface area contributed by atoms with E-state index < -0.39 is 11.6 Å². The Hall–Kier alpha value is -1.16. The van der Waals surface area contributed by atoms with E-state index in [1.54, 1.807) is 0 Å². The first-order valence-corrected chi connectivity index (χ1v) is 6.09. The summed E-state index contributed by atoms with van der Waals surface area (Å²) in [5, 5.41) is 3.40. The van der Waals surface area contributed by atoms with Gasteiger partial charge >= 0.3 is 0 Å². The second-order valence-electron chi connectivity index (χ2n) is 4.61. The van der Waals surface area contributed by atoms with Gasteiger partial charge in [0.2, 0.25) is 0 Å². The summed E-state index contributed by atoms with van der Waals surface area (Å²) in [6.45, 7) is 4.75. The largest absolute Gasteiger partial charge is 0.371 e. The van der Waals surface area contributed by atoms with Crippen LogP contribution in [-0.4, -0.2) is 25.7 Å². The van der Waals surface area contributed by atoms with Crippen LogP contribution in [0, 0.1) is 11.6 Å². The SMILES string of the molecule is CC1CCN(c2cc(F)cc(F)c2)CCCN1. The second-order valence-corrected chi connectivity index (χ2v) is 4.61. The molecule has 1 aliphatic rings. The molecule has 2 rings (SSSR count). The highest BCUT2D eigenvalue weighted by Crippen LogP contribution is 2.19. The quantitative estimate of drug-likeness (QED) is 0.811. The van der Waals surface area contributed by atoms with Crippen molar-refractivity contribution in [3.05, 3.63) is 29.8 Å². The van der Waals surface area contributed by atoms with Crippen molar-refractivity contribution in [2.75, 3.05) is 24.5 Å². The average Bonchev–Trinajstić information content (AvgIpc) is 2.22. The zero-order valence-electron chi connectivity index (χ0n) is 10.0. The van der Waals surface area contributed by atoms with E-state index in [0.717, 1.165) is 38.5 Å². The standard InChI is InChI=1S/C13H18F2N2/c1-10-3-6-17(5-2-4-16-10)13-8-11(14)7-12(15)9-13/h7-10,16H,2-6H2,1H3. The van der Waals surface area contributed by atoms with Crippen molar-refractivity contribution < 1.29 is 8.78 Å². The summed E-state index contributed by atoms with van der Waals surface area (Å²) in [4.78, 5) is 2.06. The normalized spacial score (nSPS) is 22.1. The molecule has 2 nitrogen and oxygen atoms in total.